The Labute approximate surface area is 113 Å². The Balaban J connectivity index is 1.68. The molecule has 19 heavy (non-hydrogen) atoms. The Hall–Kier alpha value is -1.80. The lowest BCUT2D eigenvalue weighted by Crippen LogP contribution is -2.19. The molecule has 2 aromatic carbocycles. The van der Waals surface area contributed by atoms with E-state index in [2.05, 4.69) is 0 Å². The number of rotatable bonds is 4. The molecule has 0 saturated heterocycles. The van der Waals surface area contributed by atoms with E-state index in [9.17, 15) is 5.11 Å². The third-order valence-corrected chi connectivity index (χ3v) is 3.80. The number of hydrogen-bond acceptors (Lipinski definition) is 2. The predicted molar refractivity (Wildman–Crippen MR) is 75.3 cm³/mol. The molecule has 1 aliphatic carbocycles. The second-order valence-electron chi connectivity index (χ2n) is 5.12. The first-order chi connectivity index (χ1) is 9.33. The minimum absolute atomic E-state index is 0.320. The molecule has 0 radical (unpaired) electrons. The summed E-state index contributed by atoms with van der Waals surface area (Å²) in [6.07, 6.45) is 3.21. The number of ether oxygens (including phenoxy) is 1. The van der Waals surface area contributed by atoms with Crippen LogP contribution in [0.4, 0.5) is 0 Å². The fourth-order valence-electron chi connectivity index (χ4n) is 2.39. The lowest BCUT2D eigenvalue weighted by Gasteiger charge is -2.30. The van der Waals surface area contributed by atoms with Gasteiger partial charge in [0, 0.05) is 0 Å². The van der Waals surface area contributed by atoms with E-state index in [1.54, 1.807) is 0 Å². The maximum absolute atomic E-state index is 10.2. The van der Waals surface area contributed by atoms with Crippen molar-refractivity contribution in [3.8, 4) is 11.5 Å². The van der Waals surface area contributed by atoms with E-state index < -0.39 is 0 Å². The molecule has 98 valence electrons. The number of aliphatic hydroxyl groups is 1. The topological polar surface area (TPSA) is 29.5 Å². The van der Waals surface area contributed by atoms with E-state index in [-0.39, 0.29) is 6.10 Å². The van der Waals surface area contributed by atoms with Gasteiger partial charge in [0.15, 0.2) is 0 Å². The minimum Gasteiger partial charge on any atom is -0.457 e. The zero-order chi connectivity index (χ0) is 13.1. The molecule has 1 saturated carbocycles. The van der Waals surface area contributed by atoms with Crippen LogP contribution in [0.25, 0.3) is 0 Å². The van der Waals surface area contributed by atoms with Gasteiger partial charge in [-0.1, -0.05) is 36.8 Å². The van der Waals surface area contributed by atoms with Crippen molar-refractivity contribution in [3.05, 3.63) is 60.2 Å². The van der Waals surface area contributed by atoms with Crippen molar-refractivity contribution in [1.29, 1.82) is 0 Å². The first kappa shape index (κ1) is 12.2. The van der Waals surface area contributed by atoms with Crippen molar-refractivity contribution in [2.24, 2.45) is 5.92 Å². The van der Waals surface area contributed by atoms with Crippen LogP contribution in [0.3, 0.4) is 0 Å². The first-order valence-corrected chi connectivity index (χ1v) is 6.84. The number of benzene rings is 2. The Morgan fingerprint density at radius 1 is 0.895 bits per heavy atom. The smallest absolute Gasteiger partial charge is 0.127 e. The summed E-state index contributed by atoms with van der Waals surface area (Å²) in [6.45, 7) is 0. The molecule has 1 fully saturated rings. The van der Waals surface area contributed by atoms with Crippen LogP contribution >= 0.6 is 0 Å². The van der Waals surface area contributed by atoms with Gasteiger partial charge in [-0.25, -0.2) is 0 Å². The quantitative estimate of drug-likeness (QED) is 0.880. The van der Waals surface area contributed by atoms with Crippen LogP contribution in [0.2, 0.25) is 0 Å². The van der Waals surface area contributed by atoms with Gasteiger partial charge in [0.2, 0.25) is 0 Å². The van der Waals surface area contributed by atoms with Crippen LogP contribution in [-0.2, 0) is 0 Å². The normalized spacial score (nSPS) is 16.7. The van der Waals surface area contributed by atoms with E-state index in [0.29, 0.717) is 5.92 Å². The maximum Gasteiger partial charge on any atom is 0.127 e. The second-order valence-corrected chi connectivity index (χ2v) is 5.12. The molecule has 0 heterocycles. The summed E-state index contributed by atoms with van der Waals surface area (Å²) < 4.78 is 5.73. The fraction of sp³-hybridized carbons (Fsp3) is 0.294. The lowest BCUT2D eigenvalue weighted by atomic mass is 9.79. The first-order valence-electron chi connectivity index (χ1n) is 6.84. The van der Waals surface area contributed by atoms with Gasteiger partial charge in [-0.05, 0) is 48.6 Å². The highest BCUT2D eigenvalue weighted by molar-refractivity contribution is 5.33. The second kappa shape index (κ2) is 5.45. The highest BCUT2D eigenvalue weighted by Gasteiger charge is 2.26. The van der Waals surface area contributed by atoms with Crippen molar-refractivity contribution in [1.82, 2.24) is 0 Å². The van der Waals surface area contributed by atoms with Crippen molar-refractivity contribution in [3.63, 3.8) is 0 Å². The molecule has 2 heteroatoms. The Kier molecular flexibility index (Phi) is 3.51. The van der Waals surface area contributed by atoms with Crippen LogP contribution in [0.5, 0.6) is 11.5 Å². The molecule has 3 rings (SSSR count). The van der Waals surface area contributed by atoms with Crippen molar-refractivity contribution in [2.45, 2.75) is 25.4 Å². The molecule has 0 bridgehead atoms. The number of hydrogen-bond donors (Lipinski definition) is 1. The van der Waals surface area contributed by atoms with E-state index >= 15 is 0 Å². The highest BCUT2D eigenvalue weighted by atomic mass is 16.5. The molecule has 0 spiro atoms. The van der Waals surface area contributed by atoms with E-state index in [1.807, 2.05) is 54.6 Å². The van der Waals surface area contributed by atoms with Gasteiger partial charge in [-0.2, -0.15) is 0 Å². The highest BCUT2D eigenvalue weighted by Crippen LogP contribution is 2.38. The third kappa shape index (κ3) is 2.79. The Morgan fingerprint density at radius 3 is 2.11 bits per heavy atom. The molecule has 0 aromatic heterocycles. The largest absolute Gasteiger partial charge is 0.457 e. The molecule has 0 amide bonds. The molecule has 1 atom stereocenters. The summed E-state index contributed by atoms with van der Waals surface area (Å²) in [5, 5.41) is 10.2. The molecule has 0 aliphatic heterocycles. The van der Waals surface area contributed by atoms with E-state index in [0.717, 1.165) is 29.9 Å². The van der Waals surface area contributed by atoms with Gasteiger partial charge in [0.25, 0.3) is 0 Å². The predicted octanol–water partition coefficient (Wildman–Crippen LogP) is 4.31. The maximum atomic E-state index is 10.2. The summed E-state index contributed by atoms with van der Waals surface area (Å²) in [4.78, 5) is 0. The number of para-hydroxylation sites is 1. The summed E-state index contributed by atoms with van der Waals surface area (Å²) in [5.41, 5.74) is 0.991. The van der Waals surface area contributed by atoms with Crippen molar-refractivity contribution < 1.29 is 9.84 Å². The van der Waals surface area contributed by atoms with Crippen molar-refractivity contribution >= 4 is 0 Å². The molecule has 2 aromatic rings. The monoisotopic (exact) mass is 254 g/mol. The fourth-order valence-corrected chi connectivity index (χ4v) is 2.39. The van der Waals surface area contributed by atoms with Crippen LogP contribution in [0.15, 0.2) is 54.6 Å². The summed E-state index contributed by atoms with van der Waals surface area (Å²) in [7, 11) is 0. The summed E-state index contributed by atoms with van der Waals surface area (Å²) >= 11 is 0. The van der Waals surface area contributed by atoms with Gasteiger partial charge >= 0.3 is 0 Å². The minimum atomic E-state index is -0.320. The van der Waals surface area contributed by atoms with Crippen molar-refractivity contribution in [2.75, 3.05) is 0 Å². The zero-order valence-corrected chi connectivity index (χ0v) is 10.8. The lowest BCUT2D eigenvalue weighted by molar-refractivity contribution is 0.0621. The van der Waals surface area contributed by atoms with Gasteiger partial charge < -0.3 is 9.84 Å². The standard InChI is InChI=1S/C17H18O2/c18-17(13-5-4-6-13)14-9-11-16(12-10-14)19-15-7-2-1-3-8-15/h1-3,7-13,17-18H,4-6H2. The molecule has 1 N–H and O–H groups in total. The van der Waals surface area contributed by atoms with E-state index in [4.69, 9.17) is 4.74 Å². The third-order valence-electron chi connectivity index (χ3n) is 3.80. The van der Waals surface area contributed by atoms with Crippen LogP contribution in [0.1, 0.15) is 30.9 Å². The van der Waals surface area contributed by atoms with Crippen LogP contribution in [-0.4, -0.2) is 5.11 Å². The molecular weight excluding hydrogens is 236 g/mol. The van der Waals surface area contributed by atoms with Gasteiger partial charge in [0.1, 0.15) is 11.5 Å². The van der Waals surface area contributed by atoms with Gasteiger partial charge in [-0.3, -0.25) is 0 Å². The zero-order valence-electron chi connectivity index (χ0n) is 10.8. The Morgan fingerprint density at radius 2 is 1.53 bits per heavy atom. The molecule has 1 aliphatic rings. The van der Waals surface area contributed by atoms with Crippen LogP contribution in [0, 0.1) is 5.92 Å². The van der Waals surface area contributed by atoms with Crippen LogP contribution < -0.4 is 4.74 Å². The van der Waals surface area contributed by atoms with E-state index in [1.165, 1.54) is 6.42 Å². The summed E-state index contributed by atoms with van der Waals surface area (Å²) in [5.74, 6) is 2.08. The van der Waals surface area contributed by atoms with Gasteiger partial charge in [0.05, 0.1) is 6.10 Å². The average molecular weight is 254 g/mol. The van der Waals surface area contributed by atoms with Gasteiger partial charge in [-0.15, -0.1) is 0 Å². The Bertz CT molecular complexity index is 515. The molecule has 2 nitrogen and oxygen atoms in total. The molecule has 1 unspecified atom stereocenters. The SMILES string of the molecule is OC(c1ccc(Oc2ccccc2)cc1)C1CCC1. The average Bonchev–Trinajstić information content (AvgIpc) is 2.39. The molecular formula is C17H18O2. The number of aliphatic hydroxyl groups excluding tert-OH is 1. The summed E-state index contributed by atoms with van der Waals surface area (Å²) in [6, 6.07) is 17.5.